The second kappa shape index (κ2) is 13.1. The van der Waals surface area contributed by atoms with Crippen molar-refractivity contribution >= 4 is 23.7 Å². The van der Waals surface area contributed by atoms with Gasteiger partial charge in [-0.15, -0.1) is 0 Å². The number of carbonyl (C=O) groups is 4. The number of carboxylic acid groups (broad SMARTS) is 1. The molecule has 3 amide bonds. The Labute approximate surface area is 173 Å². The molecule has 0 aliphatic carbocycles. The Morgan fingerprint density at radius 1 is 0.759 bits per heavy atom. The summed E-state index contributed by atoms with van der Waals surface area (Å²) in [7, 11) is 0. The van der Waals surface area contributed by atoms with Gasteiger partial charge in [-0.3, -0.25) is 14.4 Å². The highest BCUT2D eigenvalue weighted by Gasteiger charge is 2.26. The number of rotatable bonds is 13. The summed E-state index contributed by atoms with van der Waals surface area (Å²) in [6, 6.07) is -2.55. The minimum atomic E-state index is -1.12. The quantitative estimate of drug-likeness (QED) is 0.298. The number of nitrogens with one attached hydrogen (secondary N) is 3. The molecule has 0 rings (SSSR count). The third-order valence-electron chi connectivity index (χ3n) is 4.17. The van der Waals surface area contributed by atoms with E-state index in [1.807, 2.05) is 41.5 Å². The fourth-order valence-electron chi connectivity index (χ4n) is 2.83. The molecule has 0 aromatic rings. The fourth-order valence-corrected chi connectivity index (χ4v) is 2.83. The lowest BCUT2D eigenvalue weighted by Crippen LogP contribution is -2.54. The lowest BCUT2D eigenvalue weighted by atomic mass is 10.0. The first kappa shape index (κ1) is 26.8. The summed E-state index contributed by atoms with van der Waals surface area (Å²) in [5, 5.41) is 16.7. The van der Waals surface area contributed by atoms with Crippen molar-refractivity contribution in [3.8, 4) is 0 Å². The molecule has 3 unspecified atom stereocenters. The topological polar surface area (TPSA) is 151 Å². The number of amides is 3. The van der Waals surface area contributed by atoms with Gasteiger partial charge in [0.05, 0.1) is 12.6 Å². The summed E-state index contributed by atoms with van der Waals surface area (Å²) in [5.74, 6) is -2.18. The maximum atomic E-state index is 12.5. The molecule has 0 aromatic carbocycles. The first-order valence-electron chi connectivity index (χ1n) is 10.2. The van der Waals surface area contributed by atoms with Crippen LogP contribution in [-0.4, -0.2) is 53.5 Å². The monoisotopic (exact) mass is 414 g/mol. The van der Waals surface area contributed by atoms with Crippen LogP contribution in [0.1, 0.15) is 60.8 Å². The van der Waals surface area contributed by atoms with E-state index >= 15 is 0 Å². The molecule has 0 saturated carbocycles. The molecule has 168 valence electrons. The molecular weight excluding hydrogens is 376 g/mol. The van der Waals surface area contributed by atoms with Crippen LogP contribution >= 0.6 is 0 Å². The van der Waals surface area contributed by atoms with Gasteiger partial charge in [0.25, 0.3) is 0 Å². The third kappa shape index (κ3) is 12.1. The van der Waals surface area contributed by atoms with Gasteiger partial charge in [-0.05, 0) is 37.0 Å². The zero-order valence-corrected chi connectivity index (χ0v) is 18.5. The fraction of sp³-hybridized carbons (Fsp3) is 0.800. The van der Waals surface area contributed by atoms with Crippen molar-refractivity contribution in [1.82, 2.24) is 16.0 Å². The summed E-state index contributed by atoms with van der Waals surface area (Å²) in [5.41, 5.74) is 5.88. The van der Waals surface area contributed by atoms with E-state index in [0.29, 0.717) is 12.8 Å². The minimum Gasteiger partial charge on any atom is -0.480 e. The Bertz CT molecular complexity index is 563. The summed E-state index contributed by atoms with van der Waals surface area (Å²) in [6.07, 6.45) is 1.17. The van der Waals surface area contributed by atoms with Crippen LogP contribution in [0.5, 0.6) is 0 Å². The van der Waals surface area contributed by atoms with Crippen LogP contribution in [-0.2, 0) is 19.2 Å². The van der Waals surface area contributed by atoms with Gasteiger partial charge >= 0.3 is 5.97 Å². The normalized spacial score (nSPS) is 14.4. The molecule has 0 aliphatic rings. The predicted octanol–water partition coefficient (Wildman–Crippen LogP) is 0.622. The van der Waals surface area contributed by atoms with E-state index in [1.54, 1.807) is 0 Å². The van der Waals surface area contributed by atoms with E-state index in [9.17, 15) is 24.3 Å². The maximum absolute atomic E-state index is 12.5. The minimum absolute atomic E-state index is 0.0895. The highest BCUT2D eigenvalue weighted by Crippen LogP contribution is 2.08. The highest BCUT2D eigenvalue weighted by molar-refractivity contribution is 5.92. The van der Waals surface area contributed by atoms with Crippen molar-refractivity contribution in [2.24, 2.45) is 23.5 Å². The van der Waals surface area contributed by atoms with Gasteiger partial charge < -0.3 is 26.8 Å². The van der Waals surface area contributed by atoms with E-state index in [2.05, 4.69) is 16.0 Å². The molecule has 0 fully saturated rings. The Balaban J connectivity index is 4.83. The second-order valence-corrected chi connectivity index (χ2v) is 8.73. The van der Waals surface area contributed by atoms with Crippen LogP contribution in [0.2, 0.25) is 0 Å². The van der Waals surface area contributed by atoms with Crippen LogP contribution in [0.25, 0.3) is 0 Å². The first-order chi connectivity index (χ1) is 13.3. The summed E-state index contributed by atoms with van der Waals surface area (Å²) in [6.45, 7) is 11.1. The molecule has 3 atom stereocenters. The highest BCUT2D eigenvalue weighted by atomic mass is 16.4. The average molecular weight is 415 g/mol. The SMILES string of the molecule is CC(C)CC(N)C(=O)NC(CC(C)C)C(=O)NCC(=O)NC(CC(C)C)C(=O)O. The van der Waals surface area contributed by atoms with Crippen molar-refractivity contribution in [2.75, 3.05) is 6.54 Å². The molecule has 29 heavy (non-hydrogen) atoms. The lowest BCUT2D eigenvalue weighted by molar-refractivity contribution is -0.142. The van der Waals surface area contributed by atoms with Gasteiger partial charge in [-0.25, -0.2) is 4.79 Å². The number of aliphatic carboxylic acids is 1. The van der Waals surface area contributed by atoms with Crippen molar-refractivity contribution in [1.29, 1.82) is 0 Å². The van der Waals surface area contributed by atoms with Crippen molar-refractivity contribution in [3.05, 3.63) is 0 Å². The molecule has 0 heterocycles. The van der Waals surface area contributed by atoms with Gasteiger partial charge in [0.15, 0.2) is 0 Å². The van der Waals surface area contributed by atoms with Crippen LogP contribution in [0.4, 0.5) is 0 Å². The smallest absolute Gasteiger partial charge is 0.326 e. The van der Waals surface area contributed by atoms with E-state index in [4.69, 9.17) is 5.73 Å². The van der Waals surface area contributed by atoms with Crippen LogP contribution in [0, 0.1) is 17.8 Å². The summed E-state index contributed by atoms with van der Waals surface area (Å²) in [4.78, 5) is 48.1. The molecule has 0 bridgehead atoms. The van der Waals surface area contributed by atoms with E-state index in [1.165, 1.54) is 0 Å². The Morgan fingerprint density at radius 3 is 1.69 bits per heavy atom. The zero-order valence-electron chi connectivity index (χ0n) is 18.5. The van der Waals surface area contributed by atoms with E-state index < -0.39 is 41.8 Å². The largest absolute Gasteiger partial charge is 0.480 e. The Kier molecular flexibility index (Phi) is 12.2. The van der Waals surface area contributed by atoms with Gasteiger partial charge in [0.1, 0.15) is 12.1 Å². The number of hydrogen-bond donors (Lipinski definition) is 5. The standard InChI is InChI=1S/C20H38N4O5/c1-11(2)7-14(21)18(26)24-15(8-12(3)4)19(27)22-10-17(25)23-16(20(28)29)9-13(5)6/h11-16H,7-10,21H2,1-6H3,(H,22,27)(H,23,25)(H,24,26)(H,28,29). The zero-order chi connectivity index (χ0) is 22.7. The van der Waals surface area contributed by atoms with E-state index in [-0.39, 0.29) is 30.7 Å². The van der Waals surface area contributed by atoms with Gasteiger partial charge in [0, 0.05) is 0 Å². The van der Waals surface area contributed by atoms with Crippen LogP contribution in [0.3, 0.4) is 0 Å². The molecule has 6 N–H and O–H groups in total. The number of carbonyl (C=O) groups excluding carboxylic acids is 3. The molecule has 0 spiro atoms. The van der Waals surface area contributed by atoms with Crippen molar-refractivity contribution in [3.63, 3.8) is 0 Å². The third-order valence-corrected chi connectivity index (χ3v) is 4.17. The van der Waals surface area contributed by atoms with Crippen molar-refractivity contribution in [2.45, 2.75) is 78.9 Å². The number of carboxylic acids is 1. The van der Waals surface area contributed by atoms with E-state index in [0.717, 1.165) is 0 Å². The first-order valence-corrected chi connectivity index (χ1v) is 10.2. The molecule has 0 aliphatic heterocycles. The molecule has 9 heteroatoms. The van der Waals surface area contributed by atoms with Crippen molar-refractivity contribution < 1.29 is 24.3 Å². The Morgan fingerprint density at radius 2 is 1.24 bits per heavy atom. The maximum Gasteiger partial charge on any atom is 0.326 e. The van der Waals surface area contributed by atoms with Gasteiger partial charge in [0.2, 0.25) is 17.7 Å². The second-order valence-electron chi connectivity index (χ2n) is 8.73. The lowest BCUT2D eigenvalue weighted by Gasteiger charge is -2.23. The van der Waals surface area contributed by atoms with Crippen LogP contribution in [0.15, 0.2) is 0 Å². The molecule has 0 saturated heterocycles. The molecule has 0 aromatic heterocycles. The number of nitrogens with two attached hydrogens (primary N) is 1. The Hall–Kier alpha value is -2.16. The van der Waals surface area contributed by atoms with Gasteiger partial charge in [-0.1, -0.05) is 41.5 Å². The van der Waals surface area contributed by atoms with Crippen LogP contribution < -0.4 is 21.7 Å². The predicted molar refractivity (Wildman–Crippen MR) is 111 cm³/mol. The average Bonchev–Trinajstić information content (AvgIpc) is 2.56. The summed E-state index contributed by atoms with van der Waals surface area (Å²) >= 11 is 0. The molecule has 0 radical (unpaired) electrons. The molecule has 9 nitrogen and oxygen atoms in total. The number of hydrogen-bond acceptors (Lipinski definition) is 5. The summed E-state index contributed by atoms with van der Waals surface area (Å²) < 4.78 is 0. The molecular formula is C20H38N4O5. The van der Waals surface area contributed by atoms with Gasteiger partial charge in [-0.2, -0.15) is 0 Å².